The minimum Gasteiger partial charge on any atom is -0.298 e. The van der Waals surface area contributed by atoms with E-state index >= 15 is 0 Å². The second kappa shape index (κ2) is 3.76. The van der Waals surface area contributed by atoms with E-state index in [0.717, 1.165) is 0 Å². The van der Waals surface area contributed by atoms with Crippen LogP contribution in [-0.2, 0) is 4.79 Å². The van der Waals surface area contributed by atoms with Gasteiger partial charge in [-0.3, -0.25) is 14.6 Å². The number of aromatic nitrogens is 1. The predicted molar refractivity (Wildman–Crippen MR) is 48.5 cm³/mol. The second-order valence-corrected chi connectivity index (χ2v) is 2.61. The zero-order chi connectivity index (χ0) is 9.84. The number of carbonyl (C=O) groups excluding carboxylic acids is 2. The van der Waals surface area contributed by atoms with Gasteiger partial charge in [0.25, 0.3) is 0 Å². The molecule has 0 amide bonds. The van der Waals surface area contributed by atoms with E-state index < -0.39 is 0 Å². The second-order valence-electron chi connectivity index (χ2n) is 2.61. The summed E-state index contributed by atoms with van der Waals surface area (Å²) in [5.74, 6) is -0.361. The molecule has 66 valence electrons. The number of allylic oxidation sites excluding steroid dienone is 1. The van der Waals surface area contributed by atoms with Crippen LogP contribution in [-0.4, -0.2) is 17.1 Å². The summed E-state index contributed by atoms with van der Waals surface area (Å²) in [6, 6.07) is 3.28. The van der Waals surface area contributed by atoms with Crippen LogP contribution >= 0.6 is 0 Å². The van der Waals surface area contributed by atoms with E-state index in [2.05, 4.69) is 11.6 Å². The van der Waals surface area contributed by atoms with Gasteiger partial charge in [0.2, 0.25) is 0 Å². The van der Waals surface area contributed by atoms with Gasteiger partial charge in [0.15, 0.2) is 12.1 Å². The number of hydrogen-bond donors (Lipinski definition) is 0. The van der Waals surface area contributed by atoms with Crippen LogP contribution in [0, 0.1) is 6.92 Å². The Balaban J connectivity index is 3.09. The summed E-state index contributed by atoms with van der Waals surface area (Å²) in [6.07, 6.45) is 2.05. The van der Waals surface area contributed by atoms with Crippen molar-refractivity contribution in [3.8, 4) is 0 Å². The van der Waals surface area contributed by atoms with Crippen molar-refractivity contribution in [2.75, 3.05) is 0 Å². The maximum atomic E-state index is 11.4. The van der Waals surface area contributed by atoms with E-state index in [1.165, 1.54) is 0 Å². The zero-order valence-electron chi connectivity index (χ0n) is 7.28. The summed E-state index contributed by atoms with van der Waals surface area (Å²) in [5.41, 5.74) is 0.992. The number of aldehydes is 1. The Labute approximate surface area is 76.1 Å². The average molecular weight is 175 g/mol. The minimum atomic E-state index is -0.361. The molecule has 0 aliphatic rings. The van der Waals surface area contributed by atoms with E-state index in [9.17, 15) is 9.59 Å². The topological polar surface area (TPSA) is 47.0 Å². The lowest BCUT2D eigenvalue weighted by Gasteiger charge is -2.00. The van der Waals surface area contributed by atoms with Crippen molar-refractivity contribution in [3.63, 3.8) is 0 Å². The fourth-order valence-electron chi connectivity index (χ4n) is 0.951. The Morgan fingerprint density at radius 1 is 1.62 bits per heavy atom. The third kappa shape index (κ3) is 1.87. The van der Waals surface area contributed by atoms with Gasteiger partial charge in [-0.1, -0.05) is 6.58 Å². The number of hydrogen-bond acceptors (Lipinski definition) is 3. The van der Waals surface area contributed by atoms with Crippen molar-refractivity contribution in [3.05, 3.63) is 41.7 Å². The molecule has 0 saturated carbocycles. The molecule has 0 N–H and O–H groups in total. The van der Waals surface area contributed by atoms with Crippen LogP contribution in [0.2, 0.25) is 0 Å². The van der Waals surface area contributed by atoms with Crippen molar-refractivity contribution >= 4 is 12.1 Å². The molecule has 0 bridgehead atoms. The van der Waals surface area contributed by atoms with E-state index in [0.29, 0.717) is 17.5 Å². The molecular weight excluding hydrogens is 166 g/mol. The molecule has 1 aromatic rings. The molecule has 0 aromatic carbocycles. The molecule has 0 aliphatic carbocycles. The molecule has 0 spiro atoms. The van der Waals surface area contributed by atoms with Crippen LogP contribution in [0.3, 0.4) is 0 Å². The summed E-state index contributed by atoms with van der Waals surface area (Å²) in [4.78, 5) is 25.7. The highest BCUT2D eigenvalue weighted by Crippen LogP contribution is 2.08. The number of nitrogens with zero attached hydrogens (tertiary/aromatic N) is 1. The average Bonchev–Trinajstić information content (AvgIpc) is 2.16. The third-order valence-corrected chi connectivity index (χ3v) is 1.69. The summed E-state index contributed by atoms with van der Waals surface area (Å²) in [6.45, 7) is 5.06. The first-order valence-electron chi connectivity index (χ1n) is 3.77. The van der Waals surface area contributed by atoms with Crippen molar-refractivity contribution in [1.82, 2.24) is 4.98 Å². The van der Waals surface area contributed by atoms with Crippen LogP contribution in [0.4, 0.5) is 0 Å². The van der Waals surface area contributed by atoms with Crippen LogP contribution in [0.1, 0.15) is 16.1 Å². The molecule has 0 fully saturated rings. The first kappa shape index (κ1) is 9.32. The van der Waals surface area contributed by atoms with Crippen molar-refractivity contribution < 1.29 is 9.59 Å². The maximum Gasteiger partial charge on any atom is 0.197 e. The van der Waals surface area contributed by atoms with Crippen LogP contribution in [0.15, 0.2) is 30.5 Å². The van der Waals surface area contributed by atoms with Crippen LogP contribution in [0.5, 0.6) is 0 Å². The molecule has 1 rings (SSSR count). The number of pyridine rings is 1. The number of aryl methyl sites for hydroxylation is 1. The van der Waals surface area contributed by atoms with Crippen molar-refractivity contribution in [1.29, 1.82) is 0 Å². The minimum absolute atomic E-state index is 0.0453. The maximum absolute atomic E-state index is 11.4. The molecule has 0 radical (unpaired) electrons. The number of Topliss-reactive ketones (excluding diaryl/α,β-unsaturated/α-hetero) is 1. The summed E-state index contributed by atoms with van der Waals surface area (Å²) < 4.78 is 0. The normalized spacial score (nSPS) is 9.31. The standard InChI is InChI=1S/C10H9NO2/c1-7(6-12)10(13)9-4-3-5-11-8(9)2/h3-6H,1H2,2H3. The quantitative estimate of drug-likeness (QED) is 0.229. The molecule has 0 saturated heterocycles. The van der Waals surface area contributed by atoms with E-state index in [4.69, 9.17) is 0 Å². The highest BCUT2D eigenvalue weighted by atomic mass is 16.1. The van der Waals surface area contributed by atoms with Gasteiger partial charge in [0.05, 0.1) is 5.57 Å². The summed E-state index contributed by atoms with van der Waals surface area (Å²) >= 11 is 0. The van der Waals surface area contributed by atoms with Gasteiger partial charge < -0.3 is 0 Å². The summed E-state index contributed by atoms with van der Waals surface area (Å²) in [5, 5.41) is 0. The molecule has 0 unspecified atom stereocenters. The zero-order valence-corrected chi connectivity index (χ0v) is 7.28. The fraction of sp³-hybridized carbons (Fsp3) is 0.100. The highest BCUT2D eigenvalue weighted by Gasteiger charge is 2.11. The van der Waals surface area contributed by atoms with E-state index in [1.54, 1.807) is 25.3 Å². The monoisotopic (exact) mass is 175 g/mol. The smallest absolute Gasteiger partial charge is 0.197 e. The van der Waals surface area contributed by atoms with Crippen LogP contribution < -0.4 is 0 Å². The Bertz CT molecular complexity index is 369. The lowest BCUT2D eigenvalue weighted by Crippen LogP contribution is -2.06. The number of rotatable bonds is 3. The Morgan fingerprint density at radius 3 is 2.85 bits per heavy atom. The molecule has 1 aromatic heterocycles. The van der Waals surface area contributed by atoms with Gasteiger partial charge in [0, 0.05) is 17.5 Å². The third-order valence-electron chi connectivity index (χ3n) is 1.69. The van der Waals surface area contributed by atoms with Gasteiger partial charge in [-0.05, 0) is 19.1 Å². The number of ketones is 1. The molecule has 3 heteroatoms. The van der Waals surface area contributed by atoms with Gasteiger partial charge >= 0.3 is 0 Å². The first-order chi connectivity index (χ1) is 6.16. The largest absolute Gasteiger partial charge is 0.298 e. The lowest BCUT2D eigenvalue weighted by atomic mass is 10.1. The van der Waals surface area contributed by atoms with Gasteiger partial charge in [0.1, 0.15) is 0 Å². The lowest BCUT2D eigenvalue weighted by molar-refractivity contribution is -0.104. The highest BCUT2D eigenvalue weighted by molar-refractivity contribution is 6.20. The van der Waals surface area contributed by atoms with Crippen molar-refractivity contribution in [2.45, 2.75) is 6.92 Å². The van der Waals surface area contributed by atoms with Gasteiger partial charge in [-0.25, -0.2) is 0 Å². The Hall–Kier alpha value is -1.77. The van der Waals surface area contributed by atoms with Crippen LogP contribution in [0.25, 0.3) is 0 Å². The molecule has 0 aliphatic heterocycles. The fourth-order valence-corrected chi connectivity index (χ4v) is 0.951. The number of carbonyl (C=O) groups is 2. The summed E-state index contributed by atoms with van der Waals surface area (Å²) in [7, 11) is 0. The first-order valence-corrected chi connectivity index (χ1v) is 3.77. The predicted octanol–water partition coefficient (Wildman–Crippen LogP) is 1.33. The Morgan fingerprint density at radius 2 is 2.31 bits per heavy atom. The molecule has 1 heterocycles. The Kier molecular flexibility index (Phi) is 2.69. The van der Waals surface area contributed by atoms with Gasteiger partial charge in [-0.15, -0.1) is 0 Å². The van der Waals surface area contributed by atoms with Gasteiger partial charge in [-0.2, -0.15) is 0 Å². The molecule has 3 nitrogen and oxygen atoms in total. The molecular formula is C10H9NO2. The van der Waals surface area contributed by atoms with E-state index in [-0.39, 0.29) is 11.4 Å². The molecule has 0 atom stereocenters. The molecule has 13 heavy (non-hydrogen) atoms. The van der Waals surface area contributed by atoms with Crippen molar-refractivity contribution in [2.24, 2.45) is 0 Å². The SMILES string of the molecule is C=C(C=O)C(=O)c1cccnc1C. The van der Waals surface area contributed by atoms with E-state index in [1.807, 2.05) is 0 Å².